The molecule has 164 valence electrons. The number of aryl methyl sites for hydroxylation is 1. The fourth-order valence-electron chi connectivity index (χ4n) is 2.54. The Bertz CT molecular complexity index is 1200. The van der Waals surface area contributed by atoms with Crippen LogP contribution in [0.1, 0.15) is 18.4 Å². The number of aromatic nitrogens is 5. The normalized spacial score (nSPS) is 12.9. The van der Waals surface area contributed by atoms with E-state index in [2.05, 4.69) is 29.6 Å². The van der Waals surface area contributed by atoms with Gasteiger partial charge in [0.25, 0.3) is 0 Å². The summed E-state index contributed by atoms with van der Waals surface area (Å²) >= 11 is 2.50. The number of pyridine rings is 3. The highest BCUT2D eigenvalue weighted by Gasteiger charge is 2.27. The molecule has 32 heavy (non-hydrogen) atoms. The van der Waals surface area contributed by atoms with Crippen molar-refractivity contribution in [3.8, 4) is 11.5 Å². The topological polar surface area (TPSA) is 126 Å². The molecule has 0 radical (unpaired) electrons. The number of hydrogen-bond acceptors (Lipinski definition) is 11. The van der Waals surface area contributed by atoms with Crippen LogP contribution in [0.2, 0.25) is 0 Å². The fraction of sp³-hybridized carbons (Fsp3) is 0.190. The molecular formula is C21H20N6O3S2. The molecule has 0 aromatic carbocycles. The lowest BCUT2D eigenvalue weighted by Crippen LogP contribution is -2.27. The molecule has 4 aromatic heterocycles. The molecule has 9 nitrogen and oxygen atoms in total. The molecule has 4 aromatic rings. The second kappa shape index (κ2) is 9.57. The highest BCUT2D eigenvalue weighted by Crippen LogP contribution is 2.36. The zero-order valence-corrected chi connectivity index (χ0v) is 18.9. The summed E-state index contributed by atoms with van der Waals surface area (Å²) in [5, 5.41) is 23.8. The molecule has 4 rings (SSSR count). The van der Waals surface area contributed by atoms with Gasteiger partial charge in [-0.1, -0.05) is 17.8 Å². The van der Waals surface area contributed by atoms with Crippen LogP contribution in [-0.4, -0.2) is 41.1 Å². The molecule has 0 aliphatic heterocycles. The van der Waals surface area contributed by atoms with Crippen molar-refractivity contribution in [3.63, 3.8) is 0 Å². The van der Waals surface area contributed by atoms with Gasteiger partial charge in [0.05, 0.1) is 12.3 Å². The molecule has 0 fully saturated rings. The first-order valence-corrected chi connectivity index (χ1v) is 11.2. The Morgan fingerprint density at radius 3 is 2.72 bits per heavy atom. The smallest absolute Gasteiger partial charge is 0.208 e. The predicted molar refractivity (Wildman–Crippen MR) is 121 cm³/mol. The van der Waals surface area contributed by atoms with E-state index in [1.165, 1.54) is 18.7 Å². The van der Waals surface area contributed by atoms with E-state index < -0.39 is 12.2 Å². The minimum absolute atomic E-state index is 0.125. The average Bonchev–Trinajstić information content (AvgIpc) is 3.27. The van der Waals surface area contributed by atoms with E-state index >= 15 is 0 Å². The summed E-state index contributed by atoms with van der Waals surface area (Å²) in [4.78, 5) is 18.2. The number of anilines is 2. The first-order chi connectivity index (χ1) is 15.4. The Balaban J connectivity index is 1.65. The largest absolute Gasteiger partial charge is 0.452 e. The van der Waals surface area contributed by atoms with Crippen LogP contribution in [0, 0.1) is 6.92 Å². The maximum Gasteiger partial charge on any atom is 0.208 e. The number of hydrogen-bond donors (Lipinski definition) is 3. The molecule has 0 saturated heterocycles. The summed E-state index contributed by atoms with van der Waals surface area (Å²) in [6, 6.07) is 11.2. The average molecular weight is 469 g/mol. The van der Waals surface area contributed by atoms with Crippen LogP contribution in [0.25, 0.3) is 0 Å². The SMILES string of the molecule is Cc1ncccc1Oc1cc(Sc2ccccn2)cnc1Nc1nc([C@@](C)(O)CO)ns1. The van der Waals surface area contributed by atoms with Crippen LogP contribution in [0.15, 0.2) is 64.9 Å². The van der Waals surface area contributed by atoms with Crippen LogP contribution in [0.3, 0.4) is 0 Å². The van der Waals surface area contributed by atoms with Crippen molar-refractivity contribution in [3.05, 3.63) is 66.5 Å². The van der Waals surface area contributed by atoms with Crippen molar-refractivity contribution >= 4 is 34.2 Å². The Kier molecular flexibility index (Phi) is 6.61. The number of aliphatic hydroxyl groups excluding tert-OH is 1. The third-order valence-electron chi connectivity index (χ3n) is 4.31. The summed E-state index contributed by atoms with van der Waals surface area (Å²) in [6.07, 6.45) is 5.13. The summed E-state index contributed by atoms with van der Waals surface area (Å²) in [7, 11) is 0. The van der Waals surface area contributed by atoms with Crippen LogP contribution in [0.4, 0.5) is 10.9 Å². The molecule has 0 aliphatic rings. The molecule has 3 N–H and O–H groups in total. The Morgan fingerprint density at radius 2 is 1.97 bits per heavy atom. The lowest BCUT2D eigenvalue weighted by atomic mass is 10.1. The van der Waals surface area contributed by atoms with Gasteiger partial charge in [0.1, 0.15) is 16.4 Å². The third kappa shape index (κ3) is 5.19. The molecule has 0 spiro atoms. The molecule has 11 heteroatoms. The van der Waals surface area contributed by atoms with Gasteiger partial charge in [-0.15, -0.1) is 0 Å². The Morgan fingerprint density at radius 1 is 1.12 bits per heavy atom. The second-order valence-electron chi connectivity index (χ2n) is 6.96. The van der Waals surface area contributed by atoms with E-state index in [9.17, 15) is 10.2 Å². The van der Waals surface area contributed by atoms with Crippen molar-refractivity contribution in [2.45, 2.75) is 29.4 Å². The summed E-state index contributed by atoms with van der Waals surface area (Å²) < 4.78 is 10.3. The summed E-state index contributed by atoms with van der Waals surface area (Å²) in [5.74, 6) is 1.61. The molecule has 0 aliphatic carbocycles. The molecule has 1 atom stereocenters. The van der Waals surface area contributed by atoms with Gasteiger partial charge in [-0.25, -0.2) is 15.0 Å². The monoisotopic (exact) mass is 468 g/mol. The van der Waals surface area contributed by atoms with Crippen LogP contribution >= 0.6 is 23.3 Å². The summed E-state index contributed by atoms with van der Waals surface area (Å²) in [5.41, 5.74) is -0.794. The van der Waals surface area contributed by atoms with Gasteiger partial charge >= 0.3 is 0 Å². The van der Waals surface area contributed by atoms with Crippen LogP contribution in [-0.2, 0) is 5.60 Å². The number of aliphatic hydroxyl groups is 2. The maximum absolute atomic E-state index is 10.2. The van der Waals surface area contributed by atoms with Crippen molar-refractivity contribution < 1.29 is 14.9 Å². The van der Waals surface area contributed by atoms with Gasteiger partial charge in [-0.3, -0.25) is 4.98 Å². The standard InChI is InChI=1S/C21H20N6O3S2/c1-13-15(6-5-9-22-13)30-16-10-14(31-17-7-3-4-8-23-17)11-24-18(16)25-20-26-19(27-32-20)21(2,29)12-28/h3-11,28-29H,12H2,1-2H3,(H,24,25,26,27)/t21-/m0/s1. The first-order valence-electron chi connectivity index (χ1n) is 9.57. The van der Waals surface area contributed by atoms with Gasteiger partial charge in [0.2, 0.25) is 5.13 Å². The zero-order valence-electron chi connectivity index (χ0n) is 17.3. The minimum Gasteiger partial charge on any atom is -0.452 e. The Labute approximate surface area is 192 Å². The van der Waals surface area contributed by atoms with E-state index in [1.807, 2.05) is 37.3 Å². The zero-order chi connectivity index (χ0) is 22.6. The number of nitrogens with zero attached hydrogens (tertiary/aromatic N) is 5. The molecule has 0 amide bonds. The van der Waals surface area contributed by atoms with E-state index in [1.54, 1.807) is 24.7 Å². The highest BCUT2D eigenvalue weighted by molar-refractivity contribution is 7.99. The van der Waals surface area contributed by atoms with Gasteiger partial charge in [-0.2, -0.15) is 4.37 Å². The van der Waals surface area contributed by atoms with Gasteiger partial charge < -0.3 is 20.3 Å². The second-order valence-corrected chi connectivity index (χ2v) is 8.80. The van der Waals surface area contributed by atoms with Gasteiger partial charge in [0.15, 0.2) is 17.4 Å². The van der Waals surface area contributed by atoms with Gasteiger partial charge in [-0.05, 0) is 38.1 Å². The summed E-state index contributed by atoms with van der Waals surface area (Å²) in [6.45, 7) is 2.81. The highest BCUT2D eigenvalue weighted by atomic mass is 32.2. The Hall–Kier alpha value is -3.12. The van der Waals surface area contributed by atoms with Crippen molar-refractivity contribution in [2.24, 2.45) is 0 Å². The van der Waals surface area contributed by atoms with E-state index in [0.717, 1.165) is 27.1 Å². The fourth-order valence-corrected chi connectivity index (χ4v) is 4.00. The number of ether oxygens (including phenoxy) is 1. The predicted octanol–water partition coefficient (Wildman–Crippen LogP) is 3.92. The lowest BCUT2D eigenvalue weighted by Gasteiger charge is -2.15. The minimum atomic E-state index is -1.53. The molecule has 0 unspecified atom stereocenters. The molecule has 0 saturated carbocycles. The third-order valence-corrected chi connectivity index (χ3v) is 5.85. The van der Waals surface area contributed by atoms with Crippen LogP contribution in [0.5, 0.6) is 11.5 Å². The maximum atomic E-state index is 10.2. The number of rotatable bonds is 8. The van der Waals surface area contributed by atoms with Crippen LogP contribution < -0.4 is 10.1 Å². The lowest BCUT2D eigenvalue weighted by molar-refractivity contribution is -0.00865. The number of nitrogens with one attached hydrogen (secondary N) is 1. The quantitative estimate of drug-likeness (QED) is 0.350. The van der Waals surface area contributed by atoms with Gasteiger partial charge in [0, 0.05) is 41.1 Å². The molecule has 0 bridgehead atoms. The van der Waals surface area contributed by atoms with E-state index in [4.69, 9.17) is 4.74 Å². The first kappa shape index (κ1) is 22.1. The van der Waals surface area contributed by atoms with Crippen molar-refractivity contribution in [1.29, 1.82) is 0 Å². The van der Waals surface area contributed by atoms with Crippen molar-refractivity contribution in [2.75, 3.05) is 11.9 Å². The van der Waals surface area contributed by atoms with Crippen molar-refractivity contribution in [1.82, 2.24) is 24.3 Å². The van der Waals surface area contributed by atoms with E-state index in [0.29, 0.717) is 22.4 Å². The molecular weight excluding hydrogens is 448 g/mol. The molecule has 4 heterocycles. The van der Waals surface area contributed by atoms with E-state index in [-0.39, 0.29) is 5.82 Å².